The number of aliphatic carboxylic acids is 2. The van der Waals surface area contributed by atoms with Gasteiger partial charge in [-0.1, -0.05) is 0 Å². The van der Waals surface area contributed by atoms with Gasteiger partial charge in [0.15, 0.2) is 0 Å². The maximum Gasteiger partial charge on any atom is 0.326 e. The fourth-order valence-corrected chi connectivity index (χ4v) is 2.15. The SMILES string of the molecule is CC(O)C(NC(=O)C(CS)NC(=O)CN)C(=O)NC(CCC(=O)O)C(=O)O. The van der Waals surface area contributed by atoms with Crippen molar-refractivity contribution in [1.82, 2.24) is 16.0 Å². The third-order valence-electron chi connectivity index (χ3n) is 3.34. The number of carbonyl (C=O) groups is 5. The molecule has 0 aliphatic heterocycles. The molecular formula is C14H24N4O8S. The van der Waals surface area contributed by atoms with Crippen molar-refractivity contribution in [3.8, 4) is 0 Å². The summed E-state index contributed by atoms with van der Waals surface area (Å²) in [6.45, 7) is 0.813. The second-order valence-electron chi connectivity index (χ2n) is 5.57. The number of nitrogens with one attached hydrogen (secondary N) is 3. The average molecular weight is 408 g/mol. The van der Waals surface area contributed by atoms with Crippen LogP contribution in [0.2, 0.25) is 0 Å². The first-order valence-corrected chi connectivity index (χ1v) is 8.50. The number of aliphatic hydroxyl groups excluding tert-OH is 1. The van der Waals surface area contributed by atoms with Gasteiger partial charge in [-0.3, -0.25) is 19.2 Å². The molecule has 8 N–H and O–H groups in total. The van der Waals surface area contributed by atoms with Crippen LogP contribution in [-0.2, 0) is 24.0 Å². The average Bonchev–Trinajstić information content (AvgIpc) is 2.59. The number of carboxylic acid groups (broad SMARTS) is 2. The van der Waals surface area contributed by atoms with Crippen LogP contribution in [0.25, 0.3) is 0 Å². The largest absolute Gasteiger partial charge is 0.481 e. The van der Waals surface area contributed by atoms with E-state index in [4.69, 9.17) is 15.9 Å². The molecule has 12 nitrogen and oxygen atoms in total. The summed E-state index contributed by atoms with van der Waals surface area (Å²) in [5, 5.41) is 33.9. The molecule has 13 heteroatoms. The molecule has 4 unspecified atom stereocenters. The molecule has 0 aliphatic carbocycles. The van der Waals surface area contributed by atoms with Gasteiger partial charge in [0.25, 0.3) is 0 Å². The topological polar surface area (TPSA) is 208 Å². The van der Waals surface area contributed by atoms with Crippen molar-refractivity contribution in [2.75, 3.05) is 12.3 Å². The fourth-order valence-electron chi connectivity index (χ4n) is 1.89. The third kappa shape index (κ3) is 9.21. The van der Waals surface area contributed by atoms with Crippen LogP contribution < -0.4 is 21.7 Å². The maximum absolute atomic E-state index is 12.2. The Bertz CT molecular complexity index is 571. The highest BCUT2D eigenvalue weighted by Gasteiger charge is 2.31. The normalized spacial score (nSPS) is 15.0. The number of rotatable bonds is 12. The molecule has 0 aromatic heterocycles. The number of nitrogens with two attached hydrogens (primary N) is 1. The Labute approximate surface area is 160 Å². The van der Waals surface area contributed by atoms with E-state index in [0.717, 1.165) is 0 Å². The standard InChI is InChI=1S/C14H24N4O8S/c1-6(19)11(18-12(23)8(5-27)16-9(20)4-15)13(24)17-7(14(25)26)2-3-10(21)22/h6-8,11,19,27H,2-5,15H2,1H3,(H,16,20)(H,17,24)(H,18,23)(H,21,22)(H,25,26). The van der Waals surface area contributed by atoms with Gasteiger partial charge in [-0.05, 0) is 13.3 Å². The Morgan fingerprint density at radius 1 is 1.00 bits per heavy atom. The zero-order valence-corrected chi connectivity index (χ0v) is 15.4. The van der Waals surface area contributed by atoms with E-state index >= 15 is 0 Å². The molecule has 0 radical (unpaired) electrons. The van der Waals surface area contributed by atoms with Crippen molar-refractivity contribution < 1.29 is 39.3 Å². The first kappa shape index (κ1) is 24.6. The van der Waals surface area contributed by atoms with E-state index in [2.05, 4.69) is 28.6 Å². The van der Waals surface area contributed by atoms with E-state index in [0.29, 0.717) is 0 Å². The molecule has 0 spiro atoms. The van der Waals surface area contributed by atoms with Crippen molar-refractivity contribution in [3.05, 3.63) is 0 Å². The molecule has 0 rings (SSSR count). The van der Waals surface area contributed by atoms with E-state index in [9.17, 15) is 29.1 Å². The number of carboxylic acids is 2. The van der Waals surface area contributed by atoms with Gasteiger partial charge in [-0.15, -0.1) is 0 Å². The molecule has 27 heavy (non-hydrogen) atoms. The minimum Gasteiger partial charge on any atom is -0.481 e. The molecule has 0 aromatic carbocycles. The van der Waals surface area contributed by atoms with Crippen molar-refractivity contribution >= 4 is 42.3 Å². The summed E-state index contributed by atoms with van der Waals surface area (Å²) in [5.74, 6) is -5.35. The smallest absolute Gasteiger partial charge is 0.326 e. The number of amides is 3. The minimum absolute atomic E-state index is 0.123. The number of aliphatic hydroxyl groups is 1. The maximum atomic E-state index is 12.2. The number of hydrogen-bond donors (Lipinski definition) is 8. The molecule has 0 fully saturated rings. The number of thiol groups is 1. The van der Waals surface area contributed by atoms with E-state index < -0.39 is 60.3 Å². The van der Waals surface area contributed by atoms with Gasteiger partial charge in [-0.2, -0.15) is 12.6 Å². The van der Waals surface area contributed by atoms with E-state index in [-0.39, 0.29) is 18.7 Å². The summed E-state index contributed by atoms with van der Waals surface area (Å²) in [5.41, 5.74) is 5.14. The summed E-state index contributed by atoms with van der Waals surface area (Å²) < 4.78 is 0. The summed E-state index contributed by atoms with van der Waals surface area (Å²) in [6.07, 6.45) is -2.30. The predicted octanol–water partition coefficient (Wildman–Crippen LogP) is -3.34. The highest BCUT2D eigenvalue weighted by atomic mass is 32.1. The Kier molecular flexibility index (Phi) is 11.0. The lowest BCUT2D eigenvalue weighted by atomic mass is 10.1. The second-order valence-corrected chi connectivity index (χ2v) is 5.93. The molecular weight excluding hydrogens is 384 g/mol. The van der Waals surface area contributed by atoms with Gasteiger partial charge in [0.1, 0.15) is 18.1 Å². The van der Waals surface area contributed by atoms with Crippen LogP contribution in [0.3, 0.4) is 0 Å². The highest BCUT2D eigenvalue weighted by molar-refractivity contribution is 7.80. The second kappa shape index (κ2) is 12.1. The predicted molar refractivity (Wildman–Crippen MR) is 94.9 cm³/mol. The monoisotopic (exact) mass is 408 g/mol. The molecule has 0 heterocycles. The highest BCUT2D eigenvalue weighted by Crippen LogP contribution is 2.02. The Morgan fingerprint density at radius 3 is 2.00 bits per heavy atom. The molecule has 0 aliphatic rings. The molecule has 154 valence electrons. The lowest BCUT2D eigenvalue weighted by Crippen LogP contribution is -2.59. The van der Waals surface area contributed by atoms with Crippen LogP contribution in [0.5, 0.6) is 0 Å². The first-order valence-electron chi connectivity index (χ1n) is 7.87. The number of hydrogen-bond acceptors (Lipinski definition) is 8. The van der Waals surface area contributed by atoms with Crippen LogP contribution >= 0.6 is 12.6 Å². The summed E-state index contributed by atoms with van der Waals surface area (Å²) in [7, 11) is 0. The third-order valence-corrected chi connectivity index (χ3v) is 3.71. The zero-order valence-electron chi connectivity index (χ0n) is 14.5. The quantitative estimate of drug-likeness (QED) is 0.152. The Morgan fingerprint density at radius 2 is 1.59 bits per heavy atom. The van der Waals surface area contributed by atoms with Crippen molar-refractivity contribution in [2.24, 2.45) is 5.73 Å². The zero-order chi connectivity index (χ0) is 21.1. The Hall–Kier alpha value is -2.38. The lowest BCUT2D eigenvalue weighted by Gasteiger charge is -2.25. The van der Waals surface area contributed by atoms with Gasteiger partial charge in [0, 0.05) is 12.2 Å². The number of carbonyl (C=O) groups excluding carboxylic acids is 3. The summed E-state index contributed by atoms with van der Waals surface area (Å²) >= 11 is 3.91. The van der Waals surface area contributed by atoms with Crippen molar-refractivity contribution in [1.29, 1.82) is 0 Å². The van der Waals surface area contributed by atoms with Gasteiger partial charge < -0.3 is 37.0 Å². The van der Waals surface area contributed by atoms with Crippen LogP contribution in [-0.4, -0.2) is 81.5 Å². The van der Waals surface area contributed by atoms with E-state index in [1.165, 1.54) is 6.92 Å². The van der Waals surface area contributed by atoms with Gasteiger partial charge >= 0.3 is 11.9 Å². The molecule has 4 atom stereocenters. The van der Waals surface area contributed by atoms with Crippen LogP contribution in [0.15, 0.2) is 0 Å². The first-order chi connectivity index (χ1) is 12.5. The molecule has 3 amide bonds. The van der Waals surface area contributed by atoms with Crippen LogP contribution in [0.1, 0.15) is 19.8 Å². The van der Waals surface area contributed by atoms with E-state index in [1.54, 1.807) is 0 Å². The van der Waals surface area contributed by atoms with E-state index in [1.807, 2.05) is 0 Å². The van der Waals surface area contributed by atoms with Gasteiger partial charge in [-0.25, -0.2) is 4.79 Å². The summed E-state index contributed by atoms with van der Waals surface area (Å²) in [4.78, 5) is 57.4. The van der Waals surface area contributed by atoms with Crippen molar-refractivity contribution in [2.45, 2.75) is 44.0 Å². The Balaban J connectivity index is 5.10. The molecule has 0 saturated heterocycles. The minimum atomic E-state index is -1.54. The summed E-state index contributed by atoms with van der Waals surface area (Å²) in [6, 6.07) is -4.20. The van der Waals surface area contributed by atoms with Crippen LogP contribution in [0, 0.1) is 0 Å². The fraction of sp³-hybridized carbons (Fsp3) is 0.643. The van der Waals surface area contributed by atoms with Crippen molar-refractivity contribution in [3.63, 3.8) is 0 Å². The van der Waals surface area contributed by atoms with Gasteiger partial charge in [0.05, 0.1) is 12.6 Å². The van der Waals surface area contributed by atoms with Crippen LogP contribution in [0.4, 0.5) is 0 Å². The van der Waals surface area contributed by atoms with Gasteiger partial charge in [0.2, 0.25) is 17.7 Å². The molecule has 0 saturated carbocycles. The molecule has 0 bridgehead atoms. The lowest BCUT2D eigenvalue weighted by molar-refractivity contribution is -0.144. The molecule has 0 aromatic rings.